The summed E-state index contributed by atoms with van der Waals surface area (Å²) in [4.78, 5) is 0. The van der Waals surface area contributed by atoms with E-state index in [2.05, 4.69) is 0 Å². The Morgan fingerprint density at radius 3 is 1.90 bits per heavy atom. The van der Waals surface area contributed by atoms with Gasteiger partial charge >= 0.3 is 0 Å². The van der Waals surface area contributed by atoms with Gasteiger partial charge in [0.25, 0.3) is 0 Å². The SMILES string of the molecule is [2H]C1([2H])Oc2ccc(C([2H])([2H])[2H])cc2O1.[2H]C1([2H])Oc2ccc(C)cc2O1. The fourth-order valence-electron chi connectivity index (χ4n) is 1.67. The number of benzene rings is 2. The Bertz CT molecular complexity index is 864. The predicted octanol–water partition coefficient (Wildman–Crippen LogP) is 3.45. The summed E-state index contributed by atoms with van der Waals surface area (Å²) in [6.45, 7) is -4.53. The van der Waals surface area contributed by atoms with Gasteiger partial charge in [0.05, 0.1) is 0 Å². The van der Waals surface area contributed by atoms with Crippen molar-refractivity contribution in [1.82, 2.24) is 0 Å². The molecule has 0 amide bonds. The smallest absolute Gasteiger partial charge is 0.231 e. The van der Waals surface area contributed by atoms with E-state index >= 15 is 0 Å². The first-order valence-electron chi connectivity index (χ1n) is 9.36. The molecule has 0 aromatic heterocycles. The molecule has 2 aromatic carbocycles. The van der Waals surface area contributed by atoms with Crippen molar-refractivity contribution in [2.24, 2.45) is 0 Å². The second-order valence-electron chi connectivity index (χ2n) is 4.19. The highest BCUT2D eigenvalue weighted by Crippen LogP contribution is 2.32. The van der Waals surface area contributed by atoms with Crippen LogP contribution in [0.5, 0.6) is 23.0 Å². The molecule has 0 radical (unpaired) electrons. The maximum atomic E-state index is 7.18. The number of hydrogen-bond donors (Lipinski definition) is 0. The molecule has 4 nitrogen and oxygen atoms in total. The first-order valence-corrected chi connectivity index (χ1v) is 5.86. The van der Waals surface area contributed by atoms with Gasteiger partial charge in [0.15, 0.2) is 23.0 Å². The highest BCUT2D eigenvalue weighted by molar-refractivity contribution is 5.44. The molecular weight excluding hydrogens is 256 g/mol. The molecule has 0 spiro atoms. The number of hydrogen-bond acceptors (Lipinski definition) is 4. The van der Waals surface area contributed by atoms with Crippen LogP contribution in [-0.4, -0.2) is 13.5 Å². The number of aryl methyl sites for hydroxylation is 2. The third kappa shape index (κ3) is 2.64. The van der Waals surface area contributed by atoms with Gasteiger partial charge in [0, 0.05) is 4.11 Å². The van der Waals surface area contributed by atoms with Crippen molar-refractivity contribution in [2.45, 2.75) is 13.8 Å². The number of fused-ring (bicyclic) bond motifs is 2. The first kappa shape index (κ1) is 6.88. The van der Waals surface area contributed by atoms with E-state index in [9.17, 15) is 0 Å². The summed E-state index contributed by atoms with van der Waals surface area (Å²) in [5.41, 5.74) is 1.12. The topological polar surface area (TPSA) is 36.9 Å². The summed E-state index contributed by atoms with van der Waals surface area (Å²) >= 11 is 0. The Balaban J connectivity index is 0.000000159. The minimum Gasteiger partial charge on any atom is -0.454 e. The molecule has 4 rings (SSSR count). The lowest BCUT2D eigenvalue weighted by molar-refractivity contribution is 0.173. The van der Waals surface area contributed by atoms with Crippen molar-refractivity contribution < 1.29 is 28.5 Å². The zero-order chi connectivity index (χ0) is 20.0. The van der Waals surface area contributed by atoms with Crippen molar-refractivity contribution in [3.05, 3.63) is 47.5 Å². The van der Waals surface area contributed by atoms with Gasteiger partial charge in [0.1, 0.15) is 5.48 Å². The van der Waals surface area contributed by atoms with E-state index in [-0.39, 0.29) is 17.1 Å². The highest BCUT2D eigenvalue weighted by atomic mass is 16.7. The summed E-state index contributed by atoms with van der Waals surface area (Å²) in [5.74, 6) is 1.27. The third-order valence-corrected chi connectivity index (χ3v) is 2.65. The molecule has 2 heterocycles. The van der Waals surface area contributed by atoms with Crippen LogP contribution in [0.2, 0.25) is 0 Å². The average Bonchev–Trinajstić information content (AvgIpc) is 2.98. The lowest BCUT2D eigenvalue weighted by atomic mass is 10.2. The second kappa shape index (κ2) is 5.33. The van der Waals surface area contributed by atoms with Crippen LogP contribution in [0, 0.1) is 13.8 Å². The number of ether oxygens (including phenoxy) is 4. The fourth-order valence-corrected chi connectivity index (χ4v) is 1.67. The van der Waals surface area contributed by atoms with E-state index in [0.717, 1.165) is 5.56 Å². The molecule has 4 heteroatoms. The summed E-state index contributed by atoms with van der Waals surface area (Å²) in [7, 11) is 0. The van der Waals surface area contributed by atoms with E-state index in [1.165, 1.54) is 18.2 Å². The van der Waals surface area contributed by atoms with Gasteiger partial charge in [-0.15, -0.1) is 0 Å². The lowest BCUT2D eigenvalue weighted by Crippen LogP contribution is -1.92. The van der Waals surface area contributed by atoms with Crippen LogP contribution in [-0.2, 0) is 0 Å². The Hall–Kier alpha value is -2.36. The van der Waals surface area contributed by atoms with Crippen molar-refractivity contribution in [3.63, 3.8) is 0 Å². The monoisotopic (exact) mass is 279 g/mol. The Labute approximate surface area is 127 Å². The Kier molecular flexibility index (Phi) is 1.83. The van der Waals surface area contributed by atoms with E-state index in [0.29, 0.717) is 11.5 Å². The van der Waals surface area contributed by atoms with Crippen LogP contribution in [0.3, 0.4) is 0 Å². The third-order valence-electron chi connectivity index (χ3n) is 2.65. The van der Waals surface area contributed by atoms with Crippen LogP contribution in [0.4, 0.5) is 0 Å². The second-order valence-corrected chi connectivity index (χ2v) is 4.19. The summed E-state index contributed by atoms with van der Waals surface area (Å²) < 4.78 is 69.5. The standard InChI is InChI=1S/2C8H8O2/c2*1-6-2-3-7-8(4-6)10-5-9-7/h2*2-4H,5H2,1H3/i1D3,5D2;5D2. The van der Waals surface area contributed by atoms with Crippen molar-refractivity contribution >= 4 is 0 Å². The lowest BCUT2D eigenvalue weighted by Gasteiger charge is -1.94. The summed E-state index contributed by atoms with van der Waals surface area (Å²) in [6, 6.07) is 9.34. The predicted molar refractivity (Wildman–Crippen MR) is 74.6 cm³/mol. The van der Waals surface area contributed by atoms with Crippen LogP contribution in [0.25, 0.3) is 0 Å². The maximum Gasteiger partial charge on any atom is 0.231 e. The van der Waals surface area contributed by atoms with Gasteiger partial charge in [-0.25, -0.2) is 0 Å². The molecule has 0 saturated heterocycles. The van der Waals surface area contributed by atoms with Crippen molar-refractivity contribution in [1.29, 1.82) is 0 Å². The minimum atomic E-state index is -2.23. The molecule has 0 fully saturated rings. The molecule has 104 valence electrons. The van der Waals surface area contributed by atoms with Crippen LogP contribution in [0.15, 0.2) is 36.4 Å². The van der Waals surface area contributed by atoms with Crippen molar-refractivity contribution in [2.75, 3.05) is 13.5 Å². The molecule has 0 aliphatic carbocycles. The van der Waals surface area contributed by atoms with Gasteiger partial charge in [-0.1, -0.05) is 12.1 Å². The highest BCUT2D eigenvalue weighted by Gasteiger charge is 2.11. The average molecular weight is 279 g/mol. The molecule has 0 atom stereocenters. The molecule has 0 N–H and O–H groups in total. The quantitative estimate of drug-likeness (QED) is 0.740. The molecule has 0 bridgehead atoms. The fraction of sp³-hybridized carbons (Fsp3) is 0.250. The first-order chi connectivity index (χ1) is 12.3. The van der Waals surface area contributed by atoms with Crippen LogP contribution < -0.4 is 18.9 Å². The molecule has 2 aromatic rings. The van der Waals surface area contributed by atoms with E-state index in [1.54, 1.807) is 12.1 Å². The van der Waals surface area contributed by atoms with Gasteiger partial charge in [-0.05, 0) is 49.2 Å². The van der Waals surface area contributed by atoms with Crippen molar-refractivity contribution in [3.8, 4) is 23.0 Å². The molecule has 0 saturated carbocycles. The van der Waals surface area contributed by atoms with E-state index < -0.39 is 20.3 Å². The van der Waals surface area contributed by atoms with Gasteiger partial charge in [-0.3, -0.25) is 0 Å². The van der Waals surface area contributed by atoms with Crippen LogP contribution >= 0.6 is 0 Å². The van der Waals surface area contributed by atoms with Gasteiger partial charge in [-0.2, -0.15) is 0 Å². The molecular formula is C16H16O4. The zero-order valence-electron chi connectivity index (χ0n) is 17.6. The molecule has 2 aliphatic rings. The molecule has 0 unspecified atom stereocenters. The minimum absolute atomic E-state index is 0.0996. The number of rotatable bonds is 0. The summed E-state index contributed by atoms with van der Waals surface area (Å²) in [5, 5.41) is 0. The van der Waals surface area contributed by atoms with Gasteiger partial charge in [0.2, 0.25) is 13.5 Å². The zero-order valence-corrected chi connectivity index (χ0v) is 10.6. The van der Waals surface area contributed by atoms with E-state index in [1.807, 2.05) is 13.0 Å². The normalized spacial score (nSPS) is 24.6. The summed E-state index contributed by atoms with van der Waals surface area (Å²) in [6.07, 6.45) is 0. The maximum absolute atomic E-state index is 7.18. The molecule has 2 aliphatic heterocycles. The molecule has 20 heavy (non-hydrogen) atoms. The Morgan fingerprint density at radius 2 is 1.30 bits per heavy atom. The van der Waals surface area contributed by atoms with Crippen LogP contribution in [0.1, 0.15) is 20.7 Å². The Morgan fingerprint density at radius 1 is 0.800 bits per heavy atom. The van der Waals surface area contributed by atoms with Gasteiger partial charge < -0.3 is 18.9 Å². The van der Waals surface area contributed by atoms with E-state index in [4.69, 9.17) is 28.5 Å². The largest absolute Gasteiger partial charge is 0.454 e.